The molecule has 0 aromatic heterocycles. The van der Waals surface area contributed by atoms with Gasteiger partial charge in [0.15, 0.2) is 0 Å². The molecule has 6 heteroatoms. The highest BCUT2D eigenvalue weighted by atomic mass is 19.1. The molecule has 5 nitrogen and oxygen atoms in total. The van der Waals surface area contributed by atoms with Crippen LogP contribution in [0.15, 0.2) is 12.1 Å². The normalized spacial score (nSPS) is 10.2. The zero-order valence-electron chi connectivity index (χ0n) is 12.0. The number of nitrogen functional groups attached to an aromatic ring is 1. The van der Waals surface area contributed by atoms with E-state index in [2.05, 4.69) is 5.32 Å². The van der Waals surface area contributed by atoms with Crippen molar-refractivity contribution in [3.8, 4) is 0 Å². The number of likely N-dealkylation sites (N-methyl/N-ethyl adjacent to an activating group) is 1. The van der Waals surface area contributed by atoms with Gasteiger partial charge in [-0.2, -0.15) is 0 Å². The molecule has 0 fully saturated rings. The van der Waals surface area contributed by atoms with E-state index in [1.165, 1.54) is 31.0 Å². The molecule has 0 saturated carbocycles. The van der Waals surface area contributed by atoms with Gasteiger partial charge in [0.1, 0.15) is 5.82 Å². The zero-order valence-corrected chi connectivity index (χ0v) is 12.0. The molecule has 0 radical (unpaired) electrons. The number of halogens is 1. The second-order valence-electron chi connectivity index (χ2n) is 4.71. The van der Waals surface area contributed by atoms with Gasteiger partial charge in [-0.25, -0.2) is 4.39 Å². The van der Waals surface area contributed by atoms with Crippen LogP contribution in [0.4, 0.5) is 10.1 Å². The average molecular weight is 281 g/mol. The third-order valence-corrected chi connectivity index (χ3v) is 2.81. The third kappa shape index (κ3) is 3.94. The smallest absolute Gasteiger partial charge is 0.257 e. The fourth-order valence-electron chi connectivity index (χ4n) is 1.77. The van der Waals surface area contributed by atoms with Crippen LogP contribution < -0.4 is 11.1 Å². The van der Waals surface area contributed by atoms with Gasteiger partial charge < -0.3 is 16.0 Å². The Kier molecular flexibility index (Phi) is 5.49. The van der Waals surface area contributed by atoms with Crippen LogP contribution in [-0.2, 0) is 4.79 Å². The molecule has 110 valence electrons. The first kappa shape index (κ1) is 15.9. The number of hydrogen-bond donors (Lipinski definition) is 2. The highest BCUT2D eigenvalue weighted by molar-refractivity contribution is 5.97. The van der Waals surface area contributed by atoms with Crippen molar-refractivity contribution in [1.29, 1.82) is 0 Å². The van der Waals surface area contributed by atoms with E-state index in [-0.39, 0.29) is 18.0 Å². The van der Waals surface area contributed by atoms with Crippen LogP contribution in [0.3, 0.4) is 0 Å². The van der Waals surface area contributed by atoms with E-state index in [1.54, 1.807) is 0 Å². The van der Waals surface area contributed by atoms with Crippen molar-refractivity contribution in [2.45, 2.75) is 20.3 Å². The number of nitrogens with zero attached hydrogens (tertiary/aromatic N) is 1. The van der Waals surface area contributed by atoms with Crippen LogP contribution in [0.5, 0.6) is 0 Å². The fraction of sp³-hybridized carbons (Fsp3) is 0.429. The number of carbonyl (C=O) groups excluding carboxylic acids is 2. The Labute approximate surface area is 117 Å². The minimum Gasteiger partial charge on any atom is -0.399 e. The first-order valence-corrected chi connectivity index (χ1v) is 6.44. The van der Waals surface area contributed by atoms with Gasteiger partial charge in [0.05, 0.1) is 12.1 Å². The highest BCUT2D eigenvalue weighted by Gasteiger charge is 2.20. The predicted molar refractivity (Wildman–Crippen MR) is 75.8 cm³/mol. The first-order chi connectivity index (χ1) is 9.36. The lowest BCUT2D eigenvalue weighted by Gasteiger charge is -2.18. The number of anilines is 1. The molecule has 0 unspecified atom stereocenters. The summed E-state index contributed by atoms with van der Waals surface area (Å²) in [5.74, 6) is -1.45. The minimum absolute atomic E-state index is 0.117. The quantitative estimate of drug-likeness (QED) is 0.799. The van der Waals surface area contributed by atoms with Gasteiger partial charge in [-0.3, -0.25) is 9.59 Å². The topological polar surface area (TPSA) is 75.4 Å². The molecule has 0 aliphatic carbocycles. The molecular weight excluding hydrogens is 261 g/mol. The molecule has 1 aromatic rings. The second kappa shape index (κ2) is 6.88. The van der Waals surface area contributed by atoms with Gasteiger partial charge in [-0.05, 0) is 31.0 Å². The molecule has 0 spiro atoms. The van der Waals surface area contributed by atoms with E-state index in [4.69, 9.17) is 5.73 Å². The Bertz CT molecular complexity index is 517. The van der Waals surface area contributed by atoms with Gasteiger partial charge in [0, 0.05) is 19.3 Å². The SMILES string of the molecule is CCCNC(=O)CN(C)C(=O)c1cc(N)cc(C)c1F. The molecule has 2 amide bonds. The maximum atomic E-state index is 13.9. The summed E-state index contributed by atoms with van der Waals surface area (Å²) < 4.78 is 13.9. The molecule has 0 atom stereocenters. The standard InChI is InChI=1S/C14H20FN3O2/c1-4-5-17-12(19)8-18(3)14(20)11-7-10(16)6-9(2)13(11)15/h6-7H,4-5,8,16H2,1-3H3,(H,17,19). The Morgan fingerprint density at radius 1 is 1.40 bits per heavy atom. The van der Waals surface area contributed by atoms with E-state index in [0.717, 1.165) is 6.42 Å². The molecule has 20 heavy (non-hydrogen) atoms. The summed E-state index contributed by atoms with van der Waals surface area (Å²) in [6.45, 7) is 3.90. The molecule has 1 rings (SSSR count). The Balaban J connectivity index is 2.82. The number of aryl methyl sites for hydroxylation is 1. The lowest BCUT2D eigenvalue weighted by molar-refractivity contribution is -0.121. The number of benzene rings is 1. The lowest BCUT2D eigenvalue weighted by Crippen LogP contribution is -2.38. The maximum Gasteiger partial charge on any atom is 0.257 e. The second-order valence-corrected chi connectivity index (χ2v) is 4.71. The van der Waals surface area contributed by atoms with Gasteiger partial charge in [0.25, 0.3) is 5.91 Å². The van der Waals surface area contributed by atoms with Crippen LogP contribution in [0.25, 0.3) is 0 Å². The van der Waals surface area contributed by atoms with E-state index >= 15 is 0 Å². The molecule has 1 aromatic carbocycles. The maximum absolute atomic E-state index is 13.9. The van der Waals surface area contributed by atoms with E-state index in [0.29, 0.717) is 17.8 Å². The largest absolute Gasteiger partial charge is 0.399 e. The molecule has 3 N–H and O–H groups in total. The lowest BCUT2D eigenvalue weighted by atomic mass is 10.1. The first-order valence-electron chi connectivity index (χ1n) is 6.44. The van der Waals surface area contributed by atoms with Crippen molar-refractivity contribution in [1.82, 2.24) is 10.2 Å². The summed E-state index contributed by atoms with van der Waals surface area (Å²) >= 11 is 0. The van der Waals surface area contributed by atoms with Gasteiger partial charge >= 0.3 is 0 Å². The average Bonchev–Trinajstić information content (AvgIpc) is 2.39. The monoisotopic (exact) mass is 281 g/mol. The minimum atomic E-state index is -0.606. The summed E-state index contributed by atoms with van der Waals surface area (Å²) in [6.07, 6.45) is 0.812. The van der Waals surface area contributed by atoms with Crippen LogP contribution in [0, 0.1) is 12.7 Å². The van der Waals surface area contributed by atoms with Crippen molar-refractivity contribution >= 4 is 17.5 Å². The molecule has 0 aliphatic heterocycles. The van der Waals surface area contributed by atoms with Crippen LogP contribution in [-0.4, -0.2) is 36.9 Å². The van der Waals surface area contributed by atoms with Crippen LogP contribution >= 0.6 is 0 Å². The summed E-state index contributed by atoms with van der Waals surface area (Å²) in [5.41, 5.74) is 6.12. The summed E-state index contributed by atoms with van der Waals surface area (Å²) in [7, 11) is 1.45. The van der Waals surface area contributed by atoms with E-state index in [1.807, 2.05) is 6.92 Å². The Hall–Kier alpha value is -2.11. The van der Waals surface area contributed by atoms with E-state index in [9.17, 15) is 14.0 Å². The van der Waals surface area contributed by atoms with Gasteiger partial charge in [-0.15, -0.1) is 0 Å². The number of carbonyl (C=O) groups is 2. The fourth-order valence-corrected chi connectivity index (χ4v) is 1.77. The van der Waals surface area contributed by atoms with Crippen molar-refractivity contribution in [3.05, 3.63) is 29.1 Å². The third-order valence-electron chi connectivity index (χ3n) is 2.81. The van der Waals surface area contributed by atoms with Gasteiger partial charge in [0.2, 0.25) is 5.91 Å². The van der Waals surface area contributed by atoms with Gasteiger partial charge in [-0.1, -0.05) is 6.92 Å². The van der Waals surface area contributed by atoms with Crippen LogP contribution in [0.2, 0.25) is 0 Å². The number of nitrogens with one attached hydrogen (secondary N) is 1. The summed E-state index contributed by atoms with van der Waals surface area (Å²) in [5, 5.41) is 2.66. The summed E-state index contributed by atoms with van der Waals surface area (Å²) in [4.78, 5) is 24.8. The molecule has 0 aliphatic rings. The van der Waals surface area contributed by atoms with Crippen molar-refractivity contribution in [2.24, 2.45) is 0 Å². The predicted octanol–water partition coefficient (Wildman–Crippen LogP) is 1.31. The van der Waals surface area contributed by atoms with E-state index < -0.39 is 11.7 Å². The number of nitrogens with two attached hydrogens (primary N) is 1. The van der Waals surface area contributed by atoms with Crippen molar-refractivity contribution in [2.75, 3.05) is 25.9 Å². The number of rotatable bonds is 5. The Morgan fingerprint density at radius 3 is 2.65 bits per heavy atom. The molecular formula is C14H20FN3O2. The molecule has 0 heterocycles. The zero-order chi connectivity index (χ0) is 15.3. The molecule has 0 bridgehead atoms. The van der Waals surface area contributed by atoms with Crippen LogP contribution in [0.1, 0.15) is 29.3 Å². The number of amides is 2. The van der Waals surface area contributed by atoms with Crippen molar-refractivity contribution in [3.63, 3.8) is 0 Å². The molecule has 0 saturated heterocycles. The Morgan fingerprint density at radius 2 is 2.05 bits per heavy atom. The van der Waals surface area contributed by atoms with Crippen molar-refractivity contribution < 1.29 is 14.0 Å². The highest BCUT2D eigenvalue weighted by Crippen LogP contribution is 2.18. The summed E-state index contributed by atoms with van der Waals surface area (Å²) in [6, 6.07) is 2.74. The number of hydrogen-bond acceptors (Lipinski definition) is 3.